The molecule has 1 unspecified atom stereocenters. The maximum absolute atomic E-state index is 11.2. The Morgan fingerprint density at radius 2 is 2.13 bits per heavy atom. The van der Waals surface area contributed by atoms with Crippen LogP contribution in [0.5, 0.6) is 0 Å². The van der Waals surface area contributed by atoms with E-state index in [1.807, 2.05) is 0 Å². The number of hydrogen-bond acceptors (Lipinski definition) is 3. The summed E-state index contributed by atoms with van der Waals surface area (Å²) >= 11 is 0. The first-order valence-corrected chi connectivity index (χ1v) is 5.82. The van der Waals surface area contributed by atoms with Crippen molar-refractivity contribution in [2.24, 2.45) is 5.92 Å². The molecule has 2 heterocycles. The number of rotatable bonds is 4. The summed E-state index contributed by atoms with van der Waals surface area (Å²) < 4.78 is 5.21. The molecule has 0 aromatic carbocycles. The van der Waals surface area contributed by atoms with E-state index in [1.54, 1.807) is 7.05 Å². The van der Waals surface area contributed by atoms with E-state index in [4.69, 9.17) is 4.74 Å². The average molecular weight is 212 g/mol. The molecule has 1 N–H and O–H groups in total. The SMILES string of the molecule is CNC(=O)CC1CCN(CC2CO2)CC1. The van der Waals surface area contributed by atoms with Gasteiger partial charge in [-0.2, -0.15) is 0 Å². The van der Waals surface area contributed by atoms with Crippen molar-refractivity contribution in [3.63, 3.8) is 0 Å². The van der Waals surface area contributed by atoms with Crippen LogP contribution in [0.2, 0.25) is 0 Å². The van der Waals surface area contributed by atoms with Crippen molar-refractivity contribution in [3.05, 3.63) is 0 Å². The van der Waals surface area contributed by atoms with E-state index < -0.39 is 0 Å². The molecule has 0 aliphatic carbocycles. The van der Waals surface area contributed by atoms with Crippen LogP contribution in [0.15, 0.2) is 0 Å². The molecule has 0 aromatic rings. The van der Waals surface area contributed by atoms with Crippen molar-refractivity contribution in [1.29, 1.82) is 0 Å². The Bertz CT molecular complexity index is 221. The van der Waals surface area contributed by atoms with Gasteiger partial charge in [0.1, 0.15) is 0 Å². The molecule has 0 saturated carbocycles. The Morgan fingerprint density at radius 3 is 2.67 bits per heavy atom. The highest BCUT2D eigenvalue weighted by atomic mass is 16.6. The number of carbonyl (C=O) groups is 1. The molecule has 2 saturated heterocycles. The van der Waals surface area contributed by atoms with Gasteiger partial charge in [-0.25, -0.2) is 0 Å². The molecule has 2 rings (SSSR count). The van der Waals surface area contributed by atoms with Crippen molar-refractivity contribution < 1.29 is 9.53 Å². The first-order valence-electron chi connectivity index (χ1n) is 5.82. The number of piperidine rings is 1. The summed E-state index contributed by atoms with van der Waals surface area (Å²) in [5, 5.41) is 2.69. The lowest BCUT2D eigenvalue weighted by molar-refractivity contribution is -0.121. The zero-order valence-electron chi connectivity index (χ0n) is 9.37. The van der Waals surface area contributed by atoms with Crippen molar-refractivity contribution >= 4 is 5.91 Å². The number of nitrogens with one attached hydrogen (secondary N) is 1. The summed E-state index contributed by atoms with van der Waals surface area (Å²) in [6.07, 6.45) is 3.50. The molecule has 4 nitrogen and oxygen atoms in total. The Balaban J connectivity index is 1.64. The predicted octanol–water partition coefficient (Wildman–Crippen LogP) is 0.233. The van der Waals surface area contributed by atoms with Gasteiger partial charge in [-0.1, -0.05) is 0 Å². The Labute approximate surface area is 91.0 Å². The highest BCUT2D eigenvalue weighted by Gasteiger charge is 2.28. The minimum Gasteiger partial charge on any atom is -0.372 e. The molecular weight excluding hydrogens is 192 g/mol. The zero-order valence-corrected chi connectivity index (χ0v) is 9.37. The second-order valence-electron chi connectivity index (χ2n) is 4.58. The van der Waals surface area contributed by atoms with Crippen LogP contribution in [0.25, 0.3) is 0 Å². The molecule has 2 fully saturated rings. The molecule has 0 bridgehead atoms. The fourth-order valence-corrected chi connectivity index (χ4v) is 2.20. The molecule has 1 amide bonds. The fraction of sp³-hybridized carbons (Fsp3) is 0.909. The van der Waals surface area contributed by atoms with E-state index in [-0.39, 0.29) is 5.91 Å². The highest BCUT2D eigenvalue weighted by molar-refractivity contribution is 5.75. The number of epoxide rings is 1. The summed E-state index contributed by atoms with van der Waals surface area (Å²) in [6, 6.07) is 0. The van der Waals surface area contributed by atoms with Gasteiger partial charge in [0.2, 0.25) is 5.91 Å². The molecule has 2 aliphatic rings. The molecule has 0 aromatic heterocycles. The van der Waals surface area contributed by atoms with Crippen LogP contribution in [0, 0.1) is 5.92 Å². The van der Waals surface area contributed by atoms with Gasteiger partial charge in [0.15, 0.2) is 0 Å². The molecule has 2 aliphatic heterocycles. The fourth-order valence-electron chi connectivity index (χ4n) is 2.20. The molecule has 15 heavy (non-hydrogen) atoms. The summed E-state index contributed by atoms with van der Waals surface area (Å²) in [7, 11) is 1.71. The summed E-state index contributed by atoms with van der Waals surface area (Å²) in [6.45, 7) is 4.29. The van der Waals surface area contributed by atoms with Crippen molar-refractivity contribution in [3.8, 4) is 0 Å². The zero-order chi connectivity index (χ0) is 10.7. The number of carbonyl (C=O) groups excluding carboxylic acids is 1. The van der Waals surface area contributed by atoms with Gasteiger partial charge in [0.05, 0.1) is 12.7 Å². The van der Waals surface area contributed by atoms with E-state index in [1.165, 1.54) is 0 Å². The maximum atomic E-state index is 11.2. The lowest BCUT2D eigenvalue weighted by atomic mass is 9.93. The average Bonchev–Trinajstić information content (AvgIpc) is 3.05. The number of likely N-dealkylation sites (tertiary alicyclic amines) is 1. The van der Waals surface area contributed by atoms with Crippen LogP contribution in [-0.2, 0) is 9.53 Å². The lowest BCUT2D eigenvalue weighted by Gasteiger charge is -2.31. The van der Waals surface area contributed by atoms with Gasteiger partial charge in [-0.05, 0) is 31.8 Å². The van der Waals surface area contributed by atoms with Crippen LogP contribution < -0.4 is 5.32 Å². The van der Waals surface area contributed by atoms with E-state index in [0.29, 0.717) is 18.4 Å². The summed E-state index contributed by atoms with van der Waals surface area (Å²) in [5.41, 5.74) is 0. The Morgan fingerprint density at radius 1 is 1.47 bits per heavy atom. The van der Waals surface area contributed by atoms with Crippen LogP contribution in [-0.4, -0.2) is 50.2 Å². The third-order valence-electron chi connectivity index (χ3n) is 3.32. The Hall–Kier alpha value is -0.610. The highest BCUT2D eigenvalue weighted by Crippen LogP contribution is 2.22. The van der Waals surface area contributed by atoms with Crippen LogP contribution in [0.1, 0.15) is 19.3 Å². The van der Waals surface area contributed by atoms with E-state index in [9.17, 15) is 4.79 Å². The lowest BCUT2D eigenvalue weighted by Crippen LogP contribution is -2.37. The van der Waals surface area contributed by atoms with Crippen LogP contribution in [0.4, 0.5) is 0 Å². The third-order valence-corrected chi connectivity index (χ3v) is 3.32. The molecule has 4 heteroatoms. The third kappa shape index (κ3) is 3.47. The van der Waals surface area contributed by atoms with Gasteiger partial charge in [-0.15, -0.1) is 0 Å². The monoisotopic (exact) mass is 212 g/mol. The van der Waals surface area contributed by atoms with E-state index in [0.717, 1.165) is 39.1 Å². The molecular formula is C11H20N2O2. The van der Waals surface area contributed by atoms with Gasteiger partial charge >= 0.3 is 0 Å². The predicted molar refractivity (Wildman–Crippen MR) is 57.6 cm³/mol. The Kier molecular flexibility index (Phi) is 3.59. The topological polar surface area (TPSA) is 44.9 Å². The molecule has 0 radical (unpaired) electrons. The van der Waals surface area contributed by atoms with Gasteiger partial charge in [0.25, 0.3) is 0 Å². The van der Waals surface area contributed by atoms with Gasteiger partial charge in [0, 0.05) is 20.0 Å². The quantitative estimate of drug-likeness (QED) is 0.679. The second kappa shape index (κ2) is 4.94. The number of hydrogen-bond donors (Lipinski definition) is 1. The van der Waals surface area contributed by atoms with E-state index in [2.05, 4.69) is 10.2 Å². The minimum atomic E-state index is 0.180. The summed E-state index contributed by atoms with van der Waals surface area (Å²) in [4.78, 5) is 13.7. The normalized spacial score (nSPS) is 27.7. The van der Waals surface area contributed by atoms with E-state index >= 15 is 0 Å². The number of amides is 1. The largest absolute Gasteiger partial charge is 0.372 e. The van der Waals surface area contributed by atoms with Crippen molar-refractivity contribution in [2.75, 3.05) is 33.3 Å². The maximum Gasteiger partial charge on any atom is 0.220 e. The molecule has 0 spiro atoms. The number of ether oxygens (including phenoxy) is 1. The molecule has 86 valence electrons. The minimum absolute atomic E-state index is 0.180. The van der Waals surface area contributed by atoms with Crippen molar-refractivity contribution in [2.45, 2.75) is 25.4 Å². The number of nitrogens with zero attached hydrogens (tertiary/aromatic N) is 1. The second-order valence-corrected chi connectivity index (χ2v) is 4.58. The standard InChI is InChI=1S/C11H20N2O2/c1-12-11(14)6-9-2-4-13(5-3-9)7-10-8-15-10/h9-10H,2-8H2,1H3,(H,12,14). The van der Waals surface area contributed by atoms with Crippen LogP contribution >= 0.6 is 0 Å². The van der Waals surface area contributed by atoms with Gasteiger partial charge in [-0.3, -0.25) is 4.79 Å². The van der Waals surface area contributed by atoms with Crippen LogP contribution in [0.3, 0.4) is 0 Å². The van der Waals surface area contributed by atoms with Crippen molar-refractivity contribution in [1.82, 2.24) is 10.2 Å². The first-order chi connectivity index (χ1) is 7.28. The van der Waals surface area contributed by atoms with Gasteiger partial charge < -0.3 is 15.0 Å². The summed E-state index contributed by atoms with van der Waals surface area (Å²) in [5.74, 6) is 0.764. The smallest absolute Gasteiger partial charge is 0.220 e. The first kappa shape index (κ1) is 10.9. The molecule has 1 atom stereocenters.